The summed E-state index contributed by atoms with van der Waals surface area (Å²) in [5.74, 6) is 0.825. The Morgan fingerprint density at radius 2 is 1.72 bits per heavy atom. The predicted octanol–water partition coefficient (Wildman–Crippen LogP) is 3.34. The highest BCUT2D eigenvalue weighted by molar-refractivity contribution is 5.83. The summed E-state index contributed by atoms with van der Waals surface area (Å²) in [5, 5.41) is 5.78. The average molecular weight is 238 g/mol. The molecular formula is C15H14N2O. The molecule has 90 valence electrons. The molecule has 0 spiro atoms. The molecule has 0 aliphatic heterocycles. The first-order valence-corrected chi connectivity index (χ1v) is 5.89. The third-order valence-corrected chi connectivity index (χ3v) is 3.09. The Bertz CT molecular complexity index is 701. The Kier molecular flexibility index (Phi) is 2.52. The molecule has 0 unspecified atom stereocenters. The van der Waals surface area contributed by atoms with Crippen LogP contribution in [0, 0.1) is 6.92 Å². The van der Waals surface area contributed by atoms with Crippen LogP contribution in [0.5, 0.6) is 5.75 Å². The molecule has 0 radical (unpaired) electrons. The Labute approximate surface area is 106 Å². The van der Waals surface area contributed by atoms with Crippen molar-refractivity contribution in [2.24, 2.45) is 0 Å². The summed E-state index contributed by atoms with van der Waals surface area (Å²) in [6, 6.07) is 16.1. The van der Waals surface area contributed by atoms with Gasteiger partial charge in [0.1, 0.15) is 11.4 Å². The smallest absolute Gasteiger partial charge is 0.144 e. The molecule has 3 nitrogen and oxygen atoms in total. The van der Waals surface area contributed by atoms with Crippen LogP contribution in [-0.2, 0) is 0 Å². The molecule has 3 rings (SSSR count). The van der Waals surface area contributed by atoms with Gasteiger partial charge >= 0.3 is 0 Å². The molecule has 0 saturated carbocycles. The lowest BCUT2D eigenvalue weighted by molar-refractivity contribution is 0.412. The summed E-state index contributed by atoms with van der Waals surface area (Å²) in [5.41, 5.74) is 3.08. The van der Waals surface area contributed by atoms with Crippen molar-refractivity contribution in [2.45, 2.75) is 6.92 Å². The summed E-state index contributed by atoms with van der Waals surface area (Å²) in [7, 11) is 1.68. The predicted molar refractivity (Wildman–Crippen MR) is 72.4 cm³/mol. The molecule has 0 fully saturated rings. The zero-order valence-corrected chi connectivity index (χ0v) is 10.4. The highest BCUT2D eigenvalue weighted by Gasteiger charge is 2.11. The molecular weight excluding hydrogens is 224 g/mol. The molecule has 3 heteroatoms. The first-order chi connectivity index (χ1) is 8.81. The maximum absolute atomic E-state index is 5.40. The van der Waals surface area contributed by atoms with E-state index in [-0.39, 0.29) is 0 Å². The first kappa shape index (κ1) is 10.8. The minimum absolute atomic E-state index is 0.825. The highest BCUT2D eigenvalue weighted by atomic mass is 16.5. The number of ether oxygens (including phenoxy) is 1. The van der Waals surface area contributed by atoms with Crippen LogP contribution in [-0.4, -0.2) is 16.9 Å². The maximum atomic E-state index is 5.40. The van der Waals surface area contributed by atoms with E-state index in [4.69, 9.17) is 4.74 Å². The van der Waals surface area contributed by atoms with Crippen LogP contribution >= 0.6 is 0 Å². The van der Waals surface area contributed by atoms with E-state index in [1.54, 1.807) is 7.11 Å². The van der Waals surface area contributed by atoms with Crippen molar-refractivity contribution in [1.82, 2.24) is 9.78 Å². The normalized spacial score (nSPS) is 10.8. The average Bonchev–Trinajstić information content (AvgIpc) is 2.77. The minimum atomic E-state index is 0.825. The summed E-state index contributed by atoms with van der Waals surface area (Å²) in [6.07, 6.45) is 0. The number of aromatic nitrogens is 2. The largest absolute Gasteiger partial charge is 0.494 e. The van der Waals surface area contributed by atoms with Crippen LogP contribution in [0.15, 0.2) is 48.5 Å². The Morgan fingerprint density at radius 3 is 2.56 bits per heavy atom. The lowest BCUT2D eigenvalue weighted by Gasteiger charge is -2.08. The number of aryl methyl sites for hydroxylation is 1. The molecule has 1 heterocycles. The van der Waals surface area contributed by atoms with Gasteiger partial charge in [-0.25, -0.2) is 4.68 Å². The van der Waals surface area contributed by atoms with Crippen LogP contribution in [0.25, 0.3) is 16.6 Å². The molecule has 0 atom stereocenters. The number of hydrogen-bond acceptors (Lipinski definition) is 2. The fourth-order valence-electron chi connectivity index (χ4n) is 2.21. The van der Waals surface area contributed by atoms with Crippen LogP contribution in [0.1, 0.15) is 5.69 Å². The van der Waals surface area contributed by atoms with E-state index in [9.17, 15) is 0 Å². The van der Waals surface area contributed by atoms with Crippen LogP contribution < -0.4 is 4.74 Å². The number of hydrogen-bond donors (Lipinski definition) is 0. The van der Waals surface area contributed by atoms with E-state index in [1.807, 2.05) is 48.0 Å². The molecule has 0 aliphatic rings. The van der Waals surface area contributed by atoms with Crippen LogP contribution in [0.3, 0.4) is 0 Å². The summed E-state index contributed by atoms with van der Waals surface area (Å²) in [4.78, 5) is 0. The van der Waals surface area contributed by atoms with Crippen LogP contribution in [0.4, 0.5) is 0 Å². The van der Waals surface area contributed by atoms with Crippen molar-refractivity contribution in [3.63, 3.8) is 0 Å². The lowest BCUT2D eigenvalue weighted by Crippen LogP contribution is -1.99. The van der Waals surface area contributed by atoms with E-state index < -0.39 is 0 Å². The van der Waals surface area contributed by atoms with Gasteiger partial charge in [0.2, 0.25) is 0 Å². The second kappa shape index (κ2) is 4.18. The first-order valence-electron chi connectivity index (χ1n) is 5.89. The summed E-state index contributed by atoms with van der Waals surface area (Å²) < 4.78 is 7.33. The fourth-order valence-corrected chi connectivity index (χ4v) is 2.21. The van der Waals surface area contributed by atoms with E-state index >= 15 is 0 Å². The Balaban J connectivity index is 2.32. The van der Waals surface area contributed by atoms with Crippen LogP contribution in [0.2, 0.25) is 0 Å². The maximum Gasteiger partial charge on any atom is 0.144 e. The molecule has 0 bridgehead atoms. The monoisotopic (exact) mass is 238 g/mol. The molecule has 3 aromatic rings. The standard InChI is InChI=1S/C15H14N2O/c1-11-12-7-3-4-8-13(12)17(16-11)14-9-5-6-10-15(14)18-2/h3-10H,1-2H3. The number of fused-ring (bicyclic) bond motifs is 1. The van der Waals surface area contributed by atoms with Gasteiger partial charge in [0.25, 0.3) is 0 Å². The van der Waals surface area contributed by atoms with Gasteiger partial charge in [-0.2, -0.15) is 5.10 Å². The van der Waals surface area contributed by atoms with Crippen molar-refractivity contribution in [2.75, 3.05) is 7.11 Å². The van der Waals surface area contributed by atoms with Gasteiger partial charge in [0.05, 0.1) is 18.3 Å². The number of para-hydroxylation sites is 3. The number of methoxy groups -OCH3 is 1. The van der Waals surface area contributed by atoms with Gasteiger partial charge in [-0.3, -0.25) is 0 Å². The summed E-state index contributed by atoms with van der Waals surface area (Å²) in [6.45, 7) is 2.02. The second-order valence-corrected chi connectivity index (χ2v) is 4.19. The third kappa shape index (κ3) is 1.56. The van der Waals surface area contributed by atoms with E-state index in [0.717, 1.165) is 22.6 Å². The second-order valence-electron chi connectivity index (χ2n) is 4.19. The third-order valence-electron chi connectivity index (χ3n) is 3.09. The molecule has 0 amide bonds. The van der Waals surface area contributed by atoms with E-state index in [2.05, 4.69) is 17.2 Å². The van der Waals surface area contributed by atoms with Gasteiger partial charge in [-0.05, 0) is 25.1 Å². The lowest BCUT2D eigenvalue weighted by atomic mass is 10.2. The Hall–Kier alpha value is -2.29. The topological polar surface area (TPSA) is 27.1 Å². The Morgan fingerprint density at radius 1 is 1.00 bits per heavy atom. The van der Waals surface area contributed by atoms with Crippen molar-refractivity contribution >= 4 is 10.9 Å². The van der Waals surface area contributed by atoms with Gasteiger partial charge in [0.15, 0.2) is 0 Å². The minimum Gasteiger partial charge on any atom is -0.494 e. The highest BCUT2D eigenvalue weighted by Crippen LogP contribution is 2.27. The van der Waals surface area contributed by atoms with E-state index in [0.29, 0.717) is 0 Å². The van der Waals surface area contributed by atoms with Gasteiger partial charge in [0, 0.05) is 5.39 Å². The number of rotatable bonds is 2. The van der Waals surface area contributed by atoms with Gasteiger partial charge in [-0.1, -0.05) is 30.3 Å². The SMILES string of the molecule is COc1ccccc1-n1nc(C)c2ccccc21. The summed E-state index contributed by atoms with van der Waals surface area (Å²) >= 11 is 0. The molecule has 0 N–H and O–H groups in total. The van der Waals surface area contributed by atoms with Crippen molar-refractivity contribution in [1.29, 1.82) is 0 Å². The quantitative estimate of drug-likeness (QED) is 0.684. The zero-order chi connectivity index (χ0) is 12.5. The van der Waals surface area contributed by atoms with Gasteiger partial charge in [-0.15, -0.1) is 0 Å². The molecule has 0 aliphatic carbocycles. The van der Waals surface area contributed by atoms with E-state index in [1.165, 1.54) is 5.39 Å². The van der Waals surface area contributed by atoms with Crippen molar-refractivity contribution < 1.29 is 4.74 Å². The molecule has 1 aromatic heterocycles. The van der Waals surface area contributed by atoms with Gasteiger partial charge < -0.3 is 4.74 Å². The van der Waals surface area contributed by atoms with Crippen molar-refractivity contribution in [3.05, 3.63) is 54.2 Å². The number of benzene rings is 2. The molecule has 2 aromatic carbocycles. The number of nitrogens with zero attached hydrogens (tertiary/aromatic N) is 2. The fraction of sp³-hybridized carbons (Fsp3) is 0.133. The molecule has 18 heavy (non-hydrogen) atoms. The zero-order valence-electron chi connectivity index (χ0n) is 10.4. The molecule has 0 saturated heterocycles. The van der Waals surface area contributed by atoms with Crippen molar-refractivity contribution in [3.8, 4) is 11.4 Å².